The van der Waals surface area contributed by atoms with Crippen molar-refractivity contribution in [1.29, 1.82) is 0 Å². The molecule has 0 fully saturated rings. The second kappa shape index (κ2) is 6.55. The smallest absolute Gasteiger partial charge is 0.276 e. The highest BCUT2D eigenvalue weighted by atomic mass is 35.5. The van der Waals surface area contributed by atoms with Crippen molar-refractivity contribution in [3.05, 3.63) is 59.1 Å². The summed E-state index contributed by atoms with van der Waals surface area (Å²) in [6.07, 6.45) is 3.03. The highest BCUT2D eigenvalue weighted by Gasteiger charge is 2.13. The Morgan fingerprint density at radius 1 is 1.17 bits per heavy atom. The van der Waals surface area contributed by atoms with Crippen LogP contribution in [0.3, 0.4) is 0 Å². The number of nitrogens with one attached hydrogen (secondary N) is 3. The summed E-state index contributed by atoms with van der Waals surface area (Å²) >= 11 is 5.85. The van der Waals surface area contributed by atoms with Gasteiger partial charge in [0.1, 0.15) is 5.69 Å². The molecule has 24 heavy (non-hydrogen) atoms. The van der Waals surface area contributed by atoms with E-state index < -0.39 is 5.91 Å². The minimum Gasteiger partial charge on any atom is -0.321 e. The fraction of sp³-hybridized carbons (Fsp3) is 0.0667. The Hall–Kier alpha value is -3.13. The number of rotatable bonds is 4. The predicted molar refractivity (Wildman–Crippen MR) is 89.2 cm³/mol. The number of carbonyl (C=O) groups is 2. The first-order chi connectivity index (χ1) is 11.5. The lowest BCUT2D eigenvalue weighted by Crippen LogP contribution is -2.15. The van der Waals surface area contributed by atoms with Gasteiger partial charge in [-0.2, -0.15) is 10.2 Å². The molecule has 0 aliphatic rings. The van der Waals surface area contributed by atoms with Crippen LogP contribution in [0, 0.1) is 0 Å². The van der Waals surface area contributed by atoms with Gasteiger partial charge in [0, 0.05) is 24.6 Å². The van der Waals surface area contributed by atoms with Crippen molar-refractivity contribution in [1.82, 2.24) is 20.0 Å². The van der Waals surface area contributed by atoms with Gasteiger partial charge in [-0.1, -0.05) is 17.7 Å². The van der Waals surface area contributed by atoms with E-state index in [1.807, 2.05) is 0 Å². The molecule has 3 aromatic rings. The average Bonchev–Trinajstić information content (AvgIpc) is 3.16. The van der Waals surface area contributed by atoms with E-state index in [2.05, 4.69) is 25.9 Å². The lowest BCUT2D eigenvalue weighted by molar-refractivity contribution is 0.101. The van der Waals surface area contributed by atoms with Crippen LogP contribution in [0.4, 0.5) is 11.4 Å². The Balaban J connectivity index is 1.71. The lowest BCUT2D eigenvalue weighted by atomic mass is 10.2. The van der Waals surface area contributed by atoms with Gasteiger partial charge < -0.3 is 10.6 Å². The number of hydrogen-bond acceptors (Lipinski definition) is 4. The molecular formula is C15H13ClN6O2. The Morgan fingerprint density at radius 3 is 2.46 bits per heavy atom. The number of nitrogens with zero attached hydrogens (tertiary/aromatic N) is 3. The van der Waals surface area contributed by atoms with E-state index in [-0.39, 0.29) is 16.6 Å². The summed E-state index contributed by atoms with van der Waals surface area (Å²) in [5, 5.41) is 15.9. The van der Waals surface area contributed by atoms with Crippen LogP contribution in [-0.2, 0) is 7.05 Å². The molecule has 2 heterocycles. The quantitative estimate of drug-likeness (QED) is 0.675. The third kappa shape index (κ3) is 3.44. The minimum absolute atomic E-state index is 0.166. The molecule has 0 aliphatic carbocycles. The molecule has 0 spiro atoms. The SMILES string of the molecule is Cn1ccc(C(=O)Nc2cccc(NC(=O)c3[nH]ncc3Cl)c2)n1. The summed E-state index contributed by atoms with van der Waals surface area (Å²) in [5.41, 5.74) is 1.50. The Kier molecular flexibility index (Phi) is 4.30. The minimum atomic E-state index is -0.425. The average molecular weight is 345 g/mol. The molecule has 0 bridgehead atoms. The summed E-state index contributed by atoms with van der Waals surface area (Å²) in [7, 11) is 1.73. The highest BCUT2D eigenvalue weighted by Crippen LogP contribution is 2.18. The normalized spacial score (nSPS) is 10.4. The van der Waals surface area contributed by atoms with Crippen molar-refractivity contribution in [2.75, 3.05) is 10.6 Å². The van der Waals surface area contributed by atoms with Crippen LogP contribution in [0.15, 0.2) is 42.7 Å². The highest BCUT2D eigenvalue weighted by molar-refractivity contribution is 6.34. The molecular weight excluding hydrogens is 332 g/mol. The second-order valence-corrected chi connectivity index (χ2v) is 5.36. The molecule has 0 radical (unpaired) electrons. The van der Waals surface area contributed by atoms with Crippen molar-refractivity contribution in [3.8, 4) is 0 Å². The monoisotopic (exact) mass is 344 g/mol. The summed E-state index contributed by atoms with van der Waals surface area (Å²) in [4.78, 5) is 24.2. The van der Waals surface area contributed by atoms with Crippen molar-refractivity contribution in [2.24, 2.45) is 7.05 Å². The van der Waals surface area contributed by atoms with E-state index in [0.29, 0.717) is 17.1 Å². The summed E-state index contributed by atoms with van der Waals surface area (Å²) in [6.45, 7) is 0. The number of aromatic nitrogens is 4. The van der Waals surface area contributed by atoms with Crippen LogP contribution in [0.2, 0.25) is 5.02 Å². The van der Waals surface area contributed by atoms with E-state index >= 15 is 0 Å². The summed E-state index contributed by atoms with van der Waals surface area (Å²) in [6, 6.07) is 8.35. The first-order valence-corrected chi connectivity index (χ1v) is 7.32. The van der Waals surface area contributed by atoms with Crippen molar-refractivity contribution >= 4 is 34.8 Å². The van der Waals surface area contributed by atoms with Gasteiger partial charge in [-0.3, -0.25) is 19.4 Å². The Labute approximate surface area is 141 Å². The van der Waals surface area contributed by atoms with Gasteiger partial charge in [0.05, 0.1) is 11.2 Å². The predicted octanol–water partition coefficient (Wildman–Crippen LogP) is 2.30. The molecule has 0 atom stereocenters. The number of anilines is 2. The van der Waals surface area contributed by atoms with Gasteiger partial charge in [-0.05, 0) is 24.3 Å². The molecule has 2 aromatic heterocycles. The van der Waals surface area contributed by atoms with Gasteiger partial charge in [0.2, 0.25) is 0 Å². The zero-order valence-corrected chi connectivity index (χ0v) is 13.3. The van der Waals surface area contributed by atoms with Crippen molar-refractivity contribution < 1.29 is 9.59 Å². The zero-order valence-electron chi connectivity index (χ0n) is 12.6. The van der Waals surface area contributed by atoms with Crippen LogP contribution in [0.1, 0.15) is 21.0 Å². The molecule has 0 aliphatic heterocycles. The Morgan fingerprint density at radius 2 is 1.88 bits per heavy atom. The number of halogens is 1. The number of aromatic amines is 1. The number of aryl methyl sites for hydroxylation is 1. The summed E-state index contributed by atoms with van der Waals surface area (Å²) in [5.74, 6) is -0.763. The standard InChI is InChI=1S/C15H13ClN6O2/c1-22-6-5-12(21-22)14(23)18-9-3-2-4-10(7-9)19-15(24)13-11(16)8-17-20-13/h2-8H,1H3,(H,17,20)(H,18,23)(H,19,24). The number of H-pyrrole nitrogens is 1. The molecule has 122 valence electrons. The number of amides is 2. The van der Waals surface area contributed by atoms with Crippen LogP contribution in [0.5, 0.6) is 0 Å². The third-order valence-corrected chi connectivity index (χ3v) is 3.43. The largest absolute Gasteiger partial charge is 0.321 e. The topological polar surface area (TPSA) is 105 Å². The maximum Gasteiger partial charge on any atom is 0.276 e. The molecule has 3 rings (SSSR count). The van der Waals surface area contributed by atoms with Crippen molar-refractivity contribution in [2.45, 2.75) is 0 Å². The fourth-order valence-corrected chi connectivity index (χ4v) is 2.21. The fourth-order valence-electron chi connectivity index (χ4n) is 2.03. The molecule has 3 N–H and O–H groups in total. The molecule has 0 saturated carbocycles. The van der Waals surface area contributed by atoms with E-state index in [1.165, 1.54) is 6.20 Å². The van der Waals surface area contributed by atoms with E-state index in [0.717, 1.165) is 0 Å². The molecule has 9 heteroatoms. The van der Waals surface area contributed by atoms with Crippen LogP contribution < -0.4 is 10.6 Å². The maximum atomic E-state index is 12.1. The number of hydrogen-bond donors (Lipinski definition) is 3. The molecule has 8 nitrogen and oxygen atoms in total. The van der Waals surface area contributed by atoms with Gasteiger partial charge in [-0.25, -0.2) is 0 Å². The van der Waals surface area contributed by atoms with Crippen LogP contribution in [0.25, 0.3) is 0 Å². The van der Waals surface area contributed by atoms with Crippen LogP contribution >= 0.6 is 11.6 Å². The first kappa shape index (κ1) is 15.8. The van der Waals surface area contributed by atoms with Gasteiger partial charge in [0.15, 0.2) is 5.69 Å². The summed E-state index contributed by atoms with van der Waals surface area (Å²) < 4.78 is 1.54. The zero-order chi connectivity index (χ0) is 17.1. The number of carbonyl (C=O) groups excluding carboxylic acids is 2. The molecule has 0 saturated heterocycles. The van der Waals surface area contributed by atoms with E-state index in [4.69, 9.17) is 11.6 Å². The maximum absolute atomic E-state index is 12.1. The second-order valence-electron chi connectivity index (χ2n) is 4.96. The third-order valence-electron chi connectivity index (χ3n) is 3.14. The van der Waals surface area contributed by atoms with Gasteiger partial charge >= 0.3 is 0 Å². The van der Waals surface area contributed by atoms with Gasteiger partial charge in [-0.15, -0.1) is 0 Å². The van der Waals surface area contributed by atoms with E-state index in [1.54, 1.807) is 48.3 Å². The van der Waals surface area contributed by atoms with E-state index in [9.17, 15) is 9.59 Å². The van der Waals surface area contributed by atoms with Crippen LogP contribution in [-0.4, -0.2) is 31.8 Å². The molecule has 0 unspecified atom stereocenters. The molecule has 2 amide bonds. The lowest BCUT2D eigenvalue weighted by Gasteiger charge is -2.07. The van der Waals surface area contributed by atoms with Gasteiger partial charge in [0.25, 0.3) is 11.8 Å². The molecule has 1 aromatic carbocycles. The van der Waals surface area contributed by atoms with Crippen molar-refractivity contribution in [3.63, 3.8) is 0 Å². The Bertz CT molecular complexity index is 901. The number of benzene rings is 1. The first-order valence-electron chi connectivity index (χ1n) is 6.94.